The SMILES string of the molecule is O=Cc1ccnc(Br)c1Br. The van der Waals surface area contributed by atoms with Gasteiger partial charge in [-0.3, -0.25) is 4.79 Å². The number of pyridine rings is 1. The van der Waals surface area contributed by atoms with Crippen LogP contribution in [-0.4, -0.2) is 11.3 Å². The predicted octanol–water partition coefficient (Wildman–Crippen LogP) is 2.42. The molecule has 0 aliphatic heterocycles. The zero-order valence-electron chi connectivity index (χ0n) is 4.84. The van der Waals surface area contributed by atoms with Crippen LogP contribution in [0.5, 0.6) is 0 Å². The summed E-state index contributed by atoms with van der Waals surface area (Å²) in [6, 6.07) is 1.64. The largest absolute Gasteiger partial charge is 0.298 e. The number of halogens is 2. The van der Waals surface area contributed by atoms with E-state index in [-0.39, 0.29) is 0 Å². The van der Waals surface area contributed by atoms with E-state index in [1.165, 1.54) is 0 Å². The highest BCUT2D eigenvalue weighted by atomic mass is 79.9. The van der Waals surface area contributed by atoms with Crippen LogP contribution in [0.2, 0.25) is 0 Å². The Kier molecular flexibility index (Phi) is 2.56. The first-order valence-electron chi connectivity index (χ1n) is 2.51. The number of aromatic nitrogens is 1. The third-order valence-electron chi connectivity index (χ3n) is 1.00. The molecule has 0 fully saturated rings. The number of carbonyl (C=O) groups excluding carboxylic acids is 1. The monoisotopic (exact) mass is 263 g/mol. The lowest BCUT2D eigenvalue weighted by Crippen LogP contribution is -1.84. The topological polar surface area (TPSA) is 30.0 Å². The van der Waals surface area contributed by atoms with Gasteiger partial charge in [-0.25, -0.2) is 4.98 Å². The van der Waals surface area contributed by atoms with E-state index in [1.54, 1.807) is 12.3 Å². The number of hydrogen-bond acceptors (Lipinski definition) is 2. The number of rotatable bonds is 1. The normalized spacial score (nSPS) is 9.40. The highest BCUT2D eigenvalue weighted by Crippen LogP contribution is 2.22. The summed E-state index contributed by atoms with van der Waals surface area (Å²) < 4.78 is 1.35. The molecule has 0 N–H and O–H groups in total. The smallest absolute Gasteiger partial charge is 0.151 e. The molecule has 1 rings (SSSR count). The fourth-order valence-electron chi connectivity index (χ4n) is 0.523. The van der Waals surface area contributed by atoms with Crippen molar-refractivity contribution in [1.29, 1.82) is 0 Å². The highest BCUT2D eigenvalue weighted by Gasteiger charge is 2.01. The fourth-order valence-corrected chi connectivity index (χ4v) is 1.20. The van der Waals surface area contributed by atoms with Crippen molar-refractivity contribution in [1.82, 2.24) is 4.98 Å². The summed E-state index contributed by atoms with van der Waals surface area (Å²) in [5.74, 6) is 0. The molecule has 52 valence electrons. The maximum Gasteiger partial charge on any atom is 0.151 e. The Morgan fingerprint density at radius 2 is 2.20 bits per heavy atom. The Morgan fingerprint density at radius 1 is 1.50 bits per heavy atom. The number of hydrogen-bond donors (Lipinski definition) is 0. The summed E-state index contributed by atoms with van der Waals surface area (Å²) >= 11 is 6.37. The molecule has 0 amide bonds. The van der Waals surface area contributed by atoms with Gasteiger partial charge in [-0.1, -0.05) is 0 Å². The highest BCUT2D eigenvalue weighted by molar-refractivity contribution is 9.13. The lowest BCUT2D eigenvalue weighted by molar-refractivity contribution is 0.112. The van der Waals surface area contributed by atoms with Crippen LogP contribution in [0.15, 0.2) is 21.3 Å². The molecule has 4 heteroatoms. The van der Waals surface area contributed by atoms with Crippen LogP contribution in [0.25, 0.3) is 0 Å². The van der Waals surface area contributed by atoms with Crippen molar-refractivity contribution in [3.05, 3.63) is 26.9 Å². The molecule has 0 spiro atoms. The van der Waals surface area contributed by atoms with Gasteiger partial charge < -0.3 is 0 Å². The van der Waals surface area contributed by atoms with Crippen molar-refractivity contribution in [3.8, 4) is 0 Å². The molecule has 0 bridgehead atoms. The van der Waals surface area contributed by atoms with Crippen LogP contribution in [0.3, 0.4) is 0 Å². The van der Waals surface area contributed by atoms with Gasteiger partial charge in [0.05, 0.1) is 4.47 Å². The zero-order valence-corrected chi connectivity index (χ0v) is 8.02. The molecule has 0 atom stereocenters. The molecule has 0 radical (unpaired) electrons. The predicted molar refractivity (Wildman–Crippen MR) is 45.0 cm³/mol. The van der Waals surface area contributed by atoms with Crippen molar-refractivity contribution in [2.24, 2.45) is 0 Å². The molecule has 0 aromatic carbocycles. The molecule has 1 aromatic rings. The molecule has 1 aromatic heterocycles. The lowest BCUT2D eigenvalue weighted by Gasteiger charge is -1.95. The van der Waals surface area contributed by atoms with Gasteiger partial charge in [0.2, 0.25) is 0 Å². The van der Waals surface area contributed by atoms with Crippen LogP contribution in [0.1, 0.15) is 10.4 Å². The average molecular weight is 265 g/mol. The molecule has 10 heavy (non-hydrogen) atoms. The molecule has 2 nitrogen and oxygen atoms in total. The van der Waals surface area contributed by atoms with E-state index >= 15 is 0 Å². The van der Waals surface area contributed by atoms with E-state index in [1.807, 2.05) is 0 Å². The maximum atomic E-state index is 10.3. The summed E-state index contributed by atoms with van der Waals surface area (Å²) in [5.41, 5.74) is 0.599. The quantitative estimate of drug-likeness (QED) is 0.576. The second kappa shape index (κ2) is 3.25. The Morgan fingerprint density at radius 3 is 2.70 bits per heavy atom. The molecular formula is C6H3Br2NO. The summed E-state index contributed by atoms with van der Waals surface area (Å²) in [6.45, 7) is 0. The van der Waals surface area contributed by atoms with Gasteiger partial charge in [-0.15, -0.1) is 0 Å². The second-order valence-corrected chi connectivity index (χ2v) is 3.17. The molecular weight excluding hydrogens is 262 g/mol. The van der Waals surface area contributed by atoms with Gasteiger partial charge in [0.1, 0.15) is 4.60 Å². The van der Waals surface area contributed by atoms with Gasteiger partial charge in [0.15, 0.2) is 6.29 Å². The second-order valence-electron chi connectivity index (χ2n) is 1.62. The zero-order chi connectivity index (χ0) is 7.56. The van der Waals surface area contributed by atoms with Crippen molar-refractivity contribution < 1.29 is 4.79 Å². The average Bonchev–Trinajstić information content (AvgIpc) is 1.95. The molecule has 0 aliphatic rings. The minimum absolute atomic E-state index is 0.599. The van der Waals surface area contributed by atoms with E-state index in [0.29, 0.717) is 14.6 Å². The van der Waals surface area contributed by atoms with Crippen LogP contribution in [0, 0.1) is 0 Å². The third kappa shape index (κ3) is 1.44. The Bertz CT molecular complexity index is 262. The van der Waals surface area contributed by atoms with Crippen LogP contribution in [-0.2, 0) is 0 Å². The van der Waals surface area contributed by atoms with Crippen molar-refractivity contribution in [3.63, 3.8) is 0 Å². The summed E-state index contributed by atoms with van der Waals surface area (Å²) in [7, 11) is 0. The van der Waals surface area contributed by atoms with Crippen LogP contribution < -0.4 is 0 Å². The molecule has 0 unspecified atom stereocenters. The Hall–Kier alpha value is -0.220. The number of aldehydes is 1. The first-order valence-corrected chi connectivity index (χ1v) is 4.09. The molecule has 0 saturated carbocycles. The van der Waals surface area contributed by atoms with E-state index in [9.17, 15) is 4.79 Å². The summed E-state index contributed by atoms with van der Waals surface area (Å²) in [5, 5.41) is 0. The Labute approximate surface area is 74.9 Å². The number of nitrogens with zero attached hydrogens (tertiary/aromatic N) is 1. The van der Waals surface area contributed by atoms with E-state index < -0.39 is 0 Å². The van der Waals surface area contributed by atoms with Crippen LogP contribution in [0.4, 0.5) is 0 Å². The van der Waals surface area contributed by atoms with Gasteiger partial charge in [0, 0.05) is 11.8 Å². The van der Waals surface area contributed by atoms with Gasteiger partial charge >= 0.3 is 0 Å². The first kappa shape index (κ1) is 7.88. The standard InChI is InChI=1S/C6H3Br2NO/c7-5-4(3-10)1-2-9-6(5)8/h1-3H. The molecule has 1 heterocycles. The minimum Gasteiger partial charge on any atom is -0.298 e. The summed E-state index contributed by atoms with van der Waals surface area (Å²) in [6.07, 6.45) is 2.34. The van der Waals surface area contributed by atoms with Crippen LogP contribution >= 0.6 is 31.9 Å². The lowest BCUT2D eigenvalue weighted by atomic mass is 10.3. The molecule has 0 aliphatic carbocycles. The summed E-state index contributed by atoms with van der Waals surface area (Å²) in [4.78, 5) is 14.2. The van der Waals surface area contributed by atoms with Crippen molar-refractivity contribution >= 4 is 38.1 Å². The van der Waals surface area contributed by atoms with Crippen molar-refractivity contribution in [2.75, 3.05) is 0 Å². The van der Waals surface area contributed by atoms with Gasteiger partial charge in [0.25, 0.3) is 0 Å². The Balaban J connectivity index is 3.27. The molecule has 0 saturated heterocycles. The maximum absolute atomic E-state index is 10.3. The van der Waals surface area contributed by atoms with E-state index in [2.05, 4.69) is 36.8 Å². The van der Waals surface area contributed by atoms with Crippen molar-refractivity contribution in [2.45, 2.75) is 0 Å². The van der Waals surface area contributed by atoms with Gasteiger partial charge in [-0.05, 0) is 37.9 Å². The third-order valence-corrected chi connectivity index (χ3v) is 2.97. The number of carbonyl (C=O) groups is 1. The fraction of sp³-hybridized carbons (Fsp3) is 0. The minimum atomic E-state index is 0.599. The first-order chi connectivity index (χ1) is 4.75. The van der Waals surface area contributed by atoms with Gasteiger partial charge in [-0.2, -0.15) is 0 Å². The van der Waals surface area contributed by atoms with E-state index in [4.69, 9.17) is 0 Å². The van der Waals surface area contributed by atoms with E-state index in [0.717, 1.165) is 6.29 Å².